The molecule has 1 fully saturated rings. The monoisotopic (exact) mass is 261 g/mol. The molecule has 1 aliphatic rings. The summed E-state index contributed by atoms with van der Waals surface area (Å²) >= 11 is 1.54. The number of rotatable bonds is 5. The summed E-state index contributed by atoms with van der Waals surface area (Å²) in [6, 6.07) is -0.697. The Morgan fingerprint density at radius 2 is 2.18 bits per heavy atom. The number of carboxylic acids is 1. The van der Waals surface area contributed by atoms with Crippen LogP contribution in [0.2, 0.25) is 0 Å². The van der Waals surface area contributed by atoms with Crippen LogP contribution in [0.25, 0.3) is 0 Å². The van der Waals surface area contributed by atoms with Crippen LogP contribution < -0.4 is 0 Å². The van der Waals surface area contributed by atoms with Crippen molar-refractivity contribution in [3.63, 3.8) is 0 Å². The number of carboxylic acid groups (broad SMARTS) is 1. The zero-order chi connectivity index (χ0) is 13.0. The number of hydrogen-bond acceptors (Lipinski definition) is 4. The smallest absolute Gasteiger partial charge is 0.327 e. The Labute approximate surface area is 105 Å². The normalized spacial score (nSPS) is 24.4. The Kier molecular flexibility index (Phi) is 5.27. The molecule has 0 spiro atoms. The summed E-state index contributed by atoms with van der Waals surface area (Å²) in [5.41, 5.74) is 0. The lowest BCUT2D eigenvalue weighted by Gasteiger charge is -2.29. The number of methoxy groups -OCH3 is 1. The van der Waals surface area contributed by atoms with Gasteiger partial charge in [0.1, 0.15) is 6.04 Å². The third kappa shape index (κ3) is 3.35. The quantitative estimate of drug-likeness (QED) is 0.800. The van der Waals surface area contributed by atoms with E-state index in [0.29, 0.717) is 12.4 Å². The van der Waals surface area contributed by atoms with Crippen LogP contribution in [0, 0.1) is 5.92 Å². The van der Waals surface area contributed by atoms with Crippen molar-refractivity contribution in [2.24, 2.45) is 5.92 Å². The van der Waals surface area contributed by atoms with Crippen molar-refractivity contribution >= 4 is 23.6 Å². The maximum absolute atomic E-state index is 12.0. The molecule has 98 valence electrons. The maximum Gasteiger partial charge on any atom is 0.327 e. The second-order valence-corrected chi connectivity index (χ2v) is 5.52. The highest BCUT2D eigenvalue weighted by Crippen LogP contribution is 2.34. The molecule has 6 heteroatoms. The van der Waals surface area contributed by atoms with E-state index < -0.39 is 12.0 Å². The predicted octanol–water partition coefficient (Wildman–Crippen LogP) is 1.03. The van der Waals surface area contributed by atoms with Crippen molar-refractivity contribution in [2.45, 2.75) is 31.7 Å². The molecule has 1 heterocycles. The van der Waals surface area contributed by atoms with Crippen LogP contribution in [0.1, 0.15) is 20.3 Å². The molecular formula is C11H19NO4S. The minimum atomic E-state index is -0.925. The van der Waals surface area contributed by atoms with Gasteiger partial charge in [0.25, 0.3) is 0 Å². The fraction of sp³-hybridized carbons (Fsp3) is 0.818. The lowest BCUT2D eigenvalue weighted by atomic mass is 10.1. The van der Waals surface area contributed by atoms with E-state index in [1.807, 2.05) is 13.8 Å². The summed E-state index contributed by atoms with van der Waals surface area (Å²) in [7, 11) is 1.53. The molecule has 2 atom stereocenters. The van der Waals surface area contributed by atoms with E-state index in [-0.39, 0.29) is 23.6 Å². The third-order valence-corrected chi connectivity index (χ3v) is 4.32. The Hall–Kier alpha value is -0.750. The second-order valence-electron chi connectivity index (χ2n) is 4.37. The highest BCUT2D eigenvalue weighted by atomic mass is 32.2. The van der Waals surface area contributed by atoms with E-state index in [1.54, 1.807) is 11.8 Å². The molecule has 0 aromatic rings. The van der Waals surface area contributed by atoms with E-state index in [2.05, 4.69) is 0 Å². The van der Waals surface area contributed by atoms with Gasteiger partial charge in [-0.1, -0.05) is 13.8 Å². The lowest BCUT2D eigenvalue weighted by Crippen LogP contribution is -2.47. The van der Waals surface area contributed by atoms with Gasteiger partial charge in [-0.05, 0) is 5.92 Å². The fourth-order valence-corrected chi connectivity index (χ4v) is 3.36. The number of hydrogen-bond donors (Lipinski definition) is 1. The zero-order valence-corrected chi connectivity index (χ0v) is 11.2. The van der Waals surface area contributed by atoms with Crippen molar-refractivity contribution in [1.82, 2.24) is 4.90 Å². The molecule has 0 aromatic carbocycles. The summed E-state index contributed by atoms with van der Waals surface area (Å²) < 4.78 is 4.86. The predicted molar refractivity (Wildman–Crippen MR) is 65.8 cm³/mol. The first-order chi connectivity index (χ1) is 7.99. The molecule has 0 saturated carbocycles. The summed E-state index contributed by atoms with van der Waals surface area (Å²) in [5, 5.41) is 9.08. The lowest BCUT2D eigenvalue weighted by molar-refractivity contribution is -0.150. The number of nitrogens with zero attached hydrogens (tertiary/aromatic N) is 1. The van der Waals surface area contributed by atoms with Gasteiger partial charge in [-0.2, -0.15) is 0 Å². The SMILES string of the molecule is COCCC(=O)N1C(C(=O)O)CSC1C(C)C. The third-order valence-electron chi connectivity index (χ3n) is 2.70. The number of carbonyl (C=O) groups is 2. The molecule has 0 bridgehead atoms. The average Bonchev–Trinajstić information content (AvgIpc) is 2.70. The average molecular weight is 261 g/mol. The summed E-state index contributed by atoms with van der Waals surface area (Å²) in [6.45, 7) is 4.33. The van der Waals surface area contributed by atoms with Gasteiger partial charge in [0, 0.05) is 12.9 Å². The molecule has 5 nitrogen and oxygen atoms in total. The van der Waals surface area contributed by atoms with E-state index in [1.165, 1.54) is 12.0 Å². The molecule has 0 aliphatic carbocycles. The molecule has 1 saturated heterocycles. The molecule has 1 amide bonds. The number of carbonyl (C=O) groups excluding carboxylic acids is 1. The molecule has 1 aliphatic heterocycles. The van der Waals surface area contributed by atoms with Crippen molar-refractivity contribution in [2.75, 3.05) is 19.5 Å². The van der Waals surface area contributed by atoms with Crippen molar-refractivity contribution in [3.8, 4) is 0 Å². The van der Waals surface area contributed by atoms with Gasteiger partial charge in [-0.25, -0.2) is 4.79 Å². The molecule has 0 aromatic heterocycles. The Balaban J connectivity index is 2.78. The number of thioether (sulfide) groups is 1. The van der Waals surface area contributed by atoms with E-state index >= 15 is 0 Å². The topological polar surface area (TPSA) is 66.8 Å². The fourth-order valence-electron chi connectivity index (χ4n) is 1.87. The summed E-state index contributed by atoms with van der Waals surface area (Å²) in [4.78, 5) is 24.6. The molecule has 2 unspecified atom stereocenters. The Morgan fingerprint density at radius 1 is 1.53 bits per heavy atom. The molecule has 1 N–H and O–H groups in total. The van der Waals surface area contributed by atoms with Gasteiger partial charge >= 0.3 is 5.97 Å². The molecule has 17 heavy (non-hydrogen) atoms. The molecule has 0 radical (unpaired) electrons. The van der Waals surface area contributed by atoms with Crippen LogP contribution in [-0.4, -0.2) is 52.8 Å². The summed E-state index contributed by atoms with van der Waals surface area (Å²) in [6.07, 6.45) is 0.240. The van der Waals surface area contributed by atoms with Crippen molar-refractivity contribution in [3.05, 3.63) is 0 Å². The van der Waals surface area contributed by atoms with Crippen LogP contribution in [-0.2, 0) is 14.3 Å². The number of ether oxygens (including phenoxy) is 1. The highest BCUT2D eigenvalue weighted by molar-refractivity contribution is 8.00. The van der Waals surface area contributed by atoms with E-state index in [9.17, 15) is 9.59 Å². The molecule has 1 rings (SSSR count). The van der Waals surface area contributed by atoms with Crippen LogP contribution in [0.3, 0.4) is 0 Å². The van der Waals surface area contributed by atoms with E-state index in [0.717, 1.165) is 0 Å². The van der Waals surface area contributed by atoms with Gasteiger partial charge < -0.3 is 14.7 Å². The second kappa shape index (κ2) is 6.26. The highest BCUT2D eigenvalue weighted by Gasteiger charge is 2.42. The van der Waals surface area contributed by atoms with Gasteiger partial charge in [0.2, 0.25) is 5.91 Å². The number of aliphatic carboxylic acids is 1. The summed E-state index contributed by atoms with van der Waals surface area (Å²) in [5.74, 6) is -0.345. The minimum Gasteiger partial charge on any atom is -0.480 e. The zero-order valence-electron chi connectivity index (χ0n) is 10.4. The van der Waals surface area contributed by atoms with Crippen LogP contribution >= 0.6 is 11.8 Å². The van der Waals surface area contributed by atoms with Gasteiger partial charge in [-0.3, -0.25) is 4.79 Å². The maximum atomic E-state index is 12.0. The minimum absolute atomic E-state index is 0.0412. The number of amides is 1. The first-order valence-electron chi connectivity index (χ1n) is 5.63. The standard InChI is InChI=1S/C11H19NO4S/c1-7(2)10-12(9(13)4-5-16-3)8(6-17-10)11(14)15/h7-8,10H,4-6H2,1-3H3,(H,14,15). The van der Waals surface area contributed by atoms with Crippen molar-refractivity contribution < 1.29 is 19.4 Å². The molecular weight excluding hydrogens is 242 g/mol. The van der Waals surface area contributed by atoms with Gasteiger partial charge in [-0.15, -0.1) is 11.8 Å². The van der Waals surface area contributed by atoms with E-state index in [4.69, 9.17) is 9.84 Å². The van der Waals surface area contributed by atoms with Gasteiger partial charge in [0.15, 0.2) is 0 Å². The first kappa shape index (κ1) is 14.3. The van der Waals surface area contributed by atoms with Crippen LogP contribution in [0.4, 0.5) is 0 Å². The van der Waals surface area contributed by atoms with Crippen LogP contribution in [0.5, 0.6) is 0 Å². The first-order valence-corrected chi connectivity index (χ1v) is 6.68. The van der Waals surface area contributed by atoms with Crippen molar-refractivity contribution in [1.29, 1.82) is 0 Å². The Bertz CT molecular complexity index is 295. The largest absolute Gasteiger partial charge is 0.480 e. The van der Waals surface area contributed by atoms with Crippen LogP contribution in [0.15, 0.2) is 0 Å². The Morgan fingerprint density at radius 3 is 2.65 bits per heavy atom. The van der Waals surface area contributed by atoms with Gasteiger partial charge in [0.05, 0.1) is 18.4 Å².